The van der Waals surface area contributed by atoms with Crippen molar-refractivity contribution in [3.8, 4) is 0 Å². The highest BCUT2D eigenvalue weighted by molar-refractivity contribution is 6.75. The van der Waals surface area contributed by atoms with Crippen LogP contribution in [-0.2, 0) is 4.43 Å². The van der Waals surface area contributed by atoms with Gasteiger partial charge in [-0.15, -0.1) is 0 Å². The average Bonchev–Trinajstić information content (AvgIpc) is 1.53. The van der Waals surface area contributed by atoms with Crippen LogP contribution in [0.25, 0.3) is 0 Å². The van der Waals surface area contributed by atoms with Crippen molar-refractivity contribution in [1.82, 2.24) is 0 Å². The highest BCUT2D eigenvalue weighted by Crippen LogP contribution is 2.03. The van der Waals surface area contributed by atoms with Gasteiger partial charge in [0, 0.05) is 6.92 Å². The lowest BCUT2D eigenvalue weighted by molar-refractivity contribution is 0.573. The molecule has 0 spiro atoms. The second kappa shape index (κ2) is 4.06. The molecule has 4 heteroatoms. The fourth-order valence-electron chi connectivity index (χ4n) is 0.840. The molecule has 11 heavy (non-hydrogen) atoms. The lowest BCUT2D eigenvalue weighted by atomic mass is 10.8. The monoisotopic (exact) mass is 189 g/mol. The molecule has 0 bridgehead atoms. The van der Waals surface area contributed by atoms with E-state index in [1.807, 2.05) is 6.92 Å². The van der Waals surface area contributed by atoms with E-state index in [2.05, 4.69) is 37.4 Å². The van der Waals surface area contributed by atoms with Crippen LogP contribution in [0.15, 0.2) is 4.66 Å². The molecule has 0 amide bonds. The molecule has 0 atom stereocenters. The third kappa shape index (κ3) is 7.80. The molecule has 0 aromatic heterocycles. The summed E-state index contributed by atoms with van der Waals surface area (Å²) in [5.74, 6) is 0.894. The predicted octanol–water partition coefficient (Wildman–Crippen LogP) is 2.24. The van der Waals surface area contributed by atoms with Gasteiger partial charge in [0.15, 0.2) is 14.1 Å². The Bertz CT molecular complexity index is 149. The van der Waals surface area contributed by atoms with Crippen molar-refractivity contribution in [3.05, 3.63) is 0 Å². The van der Waals surface area contributed by atoms with Gasteiger partial charge in [0.2, 0.25) is 9.04 Å². The van der Waals surface area contributed by atoms with Crippen LogP contribution in [0.2, 0.25) is 32.7 Å². The van der Waals surface area contributed by atoms with Crippen molar-refractivity contribution in [2.45, 2.75) is 39.7 Å². The van der Waals surface area contributed by atoms with E-state index in [-0.39, 0.29) is 0 Å². The van der Waals surface area contributed by atoms with Gasteiger partial charge in [-0.05, 0) is 32.7 Å². The lowest BCUT2D eigenvalue weighted by Gasteiger charge is -2.14. The van der Waals surface area contributed by atoms with Gasteiger partial charge in [0.1, 0.15) is 0 Å². The predicted molar refractivity (Wildman–Crippen MR) is 56.4 cm³/mol. The molecule has 0 fully saturated rings. The van der Waals surface area contributed by atoms with Gasteiger partial charge in [-0.2, -0.15) is 0 Å². The first kappa shape index (κ1) is 10.9. The Morgan fingerprint density at radius 1 is 1.27 bits per heavy atom. The molecule has 2 nitrogen and oxygen atoms in total. The van der Waals surface area contributed by atoms with Crippen LogP contribution in [-0.4, -0.2) is 23.2 Å². The topological polar surface area (TPSA) is 21.6 Å². The van der Waals surface area contributed by atoms with Gasteiger partial charge in [-0.25, -0.2) is 0 Å². The van der Waals surface area contributed by atoms with Crippen molar-refractivity contribution < 1.29 is 4.43 Å². The van der Waals surface area contributed by atoms with Crippen LogP contribution in [0.3, 0.4) is 0 Å². The van der Waals surface area contributed by atoms with Crippen LogP contribution in [0.1, 0.15) is 6.92 Å². The van der Waals surface area contributed by atoms with Gasteiger partial charge < -0.3 is 4.43 Å². The average molecular weight is 189 g/mol. The zero-order chi connectivity index (χ0) is 9.07. The summed E-state index contributed by atoms with van der Waals surface area (Å²) in [6.07, 6.45) is 0. The lowest BCUT2D eigenvalue weighted by Crippen LogP contribution is -2.22. The highest BCUT2D eigenvalue weighted by Gasteiger charge is 2.12. The SMILES string of the molecule is C/C(=N\[Si](C)(C)C)O[SiH](C)C. The summed E-state index contributed by atoms with van der Waals surface area (Å²) in [5.41, 5.74) is 0. The van der Waals surface area contributed by atoms with E-state index in [4.69, 9.17) is 4.43 Å². The second-order valence-electron chi connectivity index (χ2n) is 3.97. The second-order valence-corrected chi connectivity index (χ2v) is 10.9. The molecular formula is C7H19NOSi2. The molecule has 0 aromatic carbocycles. The summed E-state index contributed by atoms with van der Waals surface area (Å²) in [7, 11) is -2.23. The van der Waals surface area contributed by atoms with Gasteiger partial charge in [-0.1, -0.05) is 0 Å². The maximum absolute atomic E-state index is 5.55. The molecule has 0 aliphatic heterocycles. The van der Waals surface area contributed by atoms with Crippen LogP contribution in [0.5, 0.6) is 0 Å². The fraction of sp³-hybridized carbons (Fsp3) is 0.857. The summed E-state index contributed by atoms with van der Waals surface area (Å²) < 4.78 is 10.1. The largest absolute Gasteiger partial charge is 0.538 e. The van der Waals surface area contributed by atoms with E-state index < -0.39 is 17.3 Å². The molecule has 0 unspecified atom stereocenters. The Balaban J connectivity index is 4.01. The van der Waals surface area contributed by atoms with Gasteiger partial charge in [0.25, 0.3) is 0 Å². The standard InChI is InChI=1S/C7H19NOSi2/c1-7(9-10(2)3)8-11(4,5)6/h10H,1-6H3/b8-7+. The van der Waals surface area contributed by atoms with Crippen molar-refractivity contribution >= 4 is 23.2 Å². The fourth-order valence-corrected chi connectivity index (χ4v) is 2.68. The van der Waals surface area contributed by atoms with E-state index in [0.29, 0.717) is 0 Å². The molecule has 0 aliphatic rings. The smallest absolute Gasteiger partial charge is 0.230 e. The van der Waals surface area contributed by atoms with Crippen LogP contribution in [0.4, 0.5) is 0 Å². The number of hydrogen-bond acceptors (Lipinski definition) is 2. The van der Waals surface area contributed by atoms with E-state index in [1.54, 1.807) is 0 Å². The van der Waals surface area contributed by atoms with Crippen LogP contribution >= 0.6 is 0 Å². The summed E-state index contributed by atoms with van der Waals surface area (Å²) >= 11 is 0. The van der Waals surface area contributed by atoms with E-state index in [9.17, 15) is 0 Å². The first-order valence-electron chi connectivity index (χ1n) is 4.04. The molecule has 0 aliphatic carbocycles. The first-order valence-corrected chi connectivity index (χ1v) is 10.3. The Morgan fingerprint density at radius 2 is 1.73 bits per heavy atom. The quantitative estimate of drug-likeness (QED) is 0.371. The summed E-state index contributed by atoms with van der Waals surface area (Å²) in [6.45, 7) is 12.9. The molecule has 0 heterocycles. The molecule has 0 N–H and O–H groups in total. The Kier molecular flexibility index (Phi) is 4.03. The maximum atomic E-state index is 5.55. The molecule has 0 radical (unpaired) electrons. The maximum Gasteiger partial charge on any atom is 0.230 e. The minimum absolute atomic E-state index is 0.894. The highest BCUT2D eigenvalue weighted by atomic mass is 28.3. The van der Waals surface area contributed by atoms with E-state index in [0.717, 1.165) is 5.90 Å². The number of hydrogen-bond donors (Lipinski definition) is 0. The molecule has 0 aromatic rings. The van der Waals surface area contributed by atoms with Crippen LogP contribution < -0.4 is 0 Å². The zero-order valence-electron chi connectivity index (χ0n) is 8.43. The summed E-state index contributed by atoms with van der Waals surface area (Å²) in [5, 5.41) is 0. The minimum atomic E-state index is -1.30. The summed E-state index contributed by atoms with van der Waals surface area (Å²) in [4.78, 5) is 0. The third-order valence-electron chi connectivity index (χ3n) is 0.899. The van der Waals surface area contributed by atoms with Crippen LogP contribution in [0, 0.1) is 0 Å². The third-order valence-corrected chi connectivity index (χ3v) is 2.70. The minimum Gasteiger partial charge on any atom is -0.538 e. The Hall–Kier alpha value is -0.0962. The molecule has 0 saturated carbocycles. The van der Waals surface area contributed by atoms with Crippen molar-refractivity contribution in [2.75, 3.05) is 0 Å². The van der Waals surface area contributed by atoms with Crippen molar-refractivity contribution in [3.63, 3.8) is 0 Å². The van der Waals surface area contributed by atoms with Gasteiger partial charge in [-0.3, -0.25) is 4.66 Å². The summed E-state index contributed by atoms with van der Waals surface area (Å²) in [6, 6.07) is 0. The molecular weight excluding hydrogens is 170 g/mol. The zero-order valence-corrected chi connectivity index (χ0v) is 10.6. The number of nitrogens with zero attached hydrogens (tertiary/aromatic N) is 1. The Labute approximate surface area is 72.5 Å². The van der Waals surface area contributed by atoms with Gasteiger partial charge in [0.05, 0.1) is 0 Å². The normalized spacial score (nSPS) is 13.9. The van der Waals surface area contributed by atoms with Gasteiger partial charge >= 0.3 is 0 Å². The molecule has 0 rings (SSSR count). The first-order chi connectivity index (χ1) is 4.81. The Morgan fingerprint density at radius 3 is 2.00 bits per heavy atom. The number of rotatable bonds is 2. The van der Waals surface area contributed by atoms with E-state index in [1.165, 1.54) is 0 Å². The van der Waals surface area contributed by atoms with Crippen molar-refractivity contribution in [2.24, 2.45) is 4.66 Å². The molecule has 0 saturated heterocycles. The van der Waals surface area contributed by atoms with E-state index >= 15 is 0 Å². The molecule has 66 valence electrons. The van der Waals surface area contributed by atoms with Crippen molar-refractivity contribution in [1.29, 1.82) is 0 Å².